The van der Waals surface area contributed by atoms with Gasteiger partial charge in [0.25, 0.3) is 0 Å². The standard InChI is InChI=1S/C30H30N6O4S/c37-30(38)20-8-9-22-24(16-20)36(17-21-10-15-39-21)27(31-22)18-34-11-13-35(14-12-34)26-6-3-7-28(33-26)40-19-29-32-23-4-1-2-5-25(23)41-29/h1-9,16,21H,10-15,17-19H2,(H,37,38)/t21-/m0/s1. The lowest BCUT2D eigenvalue weighted by Crippen LogP contribution is -2.46. The van der Waals surface area contributed by atoms with Gasteiger partial charge in [-0.05, 0) is 42.8 Å². The van der Waals surface area contributed by atoms with Gasteiger partial charge in [0.15, 0.2) is 0 Å². The van der Waals surface area contributed by atoms with Crippen LogP contribution in [0, 0.1) is 0 Å². The van der Waals surface area contributed by atoms with E-state index in [1.54, 1.807) is 29.5 Å². The topological polar surface area (TPSA) is 106 Å². The molecule has 10 nitrogen and oxygen atoms in total. The lowest BCUT2D eigenvalue weighted by atomic mass is 10.1. The fraction of sp³-hybridized carbons (Fsp3) is 0.333. The molecule has 210 valence electrons. The number of carboxylic acid groups (broad SMARTS) is 1. The summed E-state index contributed by atoms with van der Waals surface area (Å²) in [4.78, 5) is 30.6. The molecule has 0 unspecified atom stereocenters. The van der Waals surface area contributed by atoms with Crippen molar-refractivity contribution in [1.82, 2.24) is 24.4 Å². The molecule has 0 saturated carbocycles. The van der Waals surface area contributed by atoms with E-state index in [1.807, 2.05) is 36.4 Å². The summed E-state index contributed by atoms with van der Waals surface area (Å²) in [6, 6.07) is 19.1. The van der Waals surface area contributed by atoms with Crippen LogP contribution in [0.15, 0.2) is 60.7 Å². The number of para-hydroxylation sites is 1. The second kappa shape index (κ2) is 11.1. The summed E-state index contributed by atoms with van der Waals surface area (Å²) in [7, 11) is 0. The van der Waals surface area contributed by atoms with Crippen molar-refractivity contribution in [1.29, 1.82) is 0 Å². The monoisotopic (exact) mass is 570 g/mol. The Bertz CT molecular complexity index is 1670. The predicted octanol–water partition coefficient (Wildman–Crippen LogP) is 4.43. The Morgan fingerprint density at radius 3 is 2.63 bits per heavy atom. The molecular weight excluding hydrogens is 540 g/mol. The Labute approximate surface area is 240 Å². The van der Waals surface area contributed by atoms with Gasteiger partial charge in [-0.3, -0.25) is 4.90 Å². The minimum atomic E-state index is -0.933. The molecule has 0 radical (unpaired) electrons. The third kappa shape index (κ3) is 5.48. The number of hydrogen-bond donors (Lipinski definition) is 1. The molecule has 2 saturated heterocycles. The van der Waals surface area contributed by atoms with Gasteiger partial charge in [0.05, 0.1) is 46.0 Å². The van der Waals surface area contributed by atoms with Crippen LogP contribution in [0.25, 0.3) is 21.3 Å². The average molecular weight is 571 g/mol. The number of ether oxygens (including phenoxy) is 2. The van der Waals surface area contributed by atoms with E-state index in [1.165, 1.54) is 0 Å². The first-order chi connectivity index (χ1) is 20.1. The number of carboxylic acids is 1. The molecule has 2 fully saturated rings. The molecular formula is C30H30N6O4S. The Kier molecular flexibility index (Phi) is 6.99. The largest absolute Gasteiger partial charge is 0.478 e. The second-order valence-electron chi connectivity index (χ2n) is 10.4. The fourth-order valence-corrected chi connectivity index (χ4v) is 6.26. The molecule has 3 aromatic heterocycles. The van der Waals surface area contributed by atoms with Gasteiger partial charge in [0.1, 0.15) is 23.3 Å². The Morgan fingerprint density at radius 2 is 1.85 bits per heavy atom. The van der Waals surface area contributed by atoms with Gasteiger partial charge in [0.2, 0.25) is 5.88 Å². The van der Waals surface area contributed by atoms with E-state index in [0.29, 0.717) is 25.6 Å². The molecule has 5 aromatic rings. The van der Waals surface area contributed by atoms with Crippen molar-refractivity contribution in [2.75, 3.05) is 37.7 Å². The van der Waals surface area contributed by atoms with Crippen LogP contribution in [0.1, 0.15) is 27.6 Å². The molecule has 1 atom stereocenters. The number of carbonyl (C=O) groups is 1. The minimum absolute atomic E-state index is 0.145. The molecule has 1 N–H and O–H groups in total. The van der Waals surface area contributed by atoms with Gasteiger partial charge in [-0.15, -0.1) is 11.3 Å². The van der Waals surface area contributed by atoms with E-state index in [9.17, 15) is 9.90 Å². The van der Waals surface area contributed by atoms with Crippen molar-refractivity contribution in [2.24, 2.45) is 0 Å². The molecule has 11 heteroatoms. The zero-order valence-corrected chi connectivity index (χ0v) is 23.3. The number of thiazole rings is 1. The highest BCUT2D eigenvalue weighted by molar-refractivity contribution is 7.18. The van der Waals surface area contributed by atoms with Crippen LogP contribution in [0.3, 0.4) is 0 Å². The van der Waals surface area contributed by atoms with Crippen molar-refractivity contribution in [3.8, 4) is 5.88 Å². The number of benzene rings is 2. The molecule has 5 heterocycles. The molecule has 7 rings (SSSR count). The number of nitrogens with zero attached hydrogens (tertiary/aromatic N) is 6. The van der Waals surface area contributed by atoms with Crippen LogP contribution >= 0.6 is 11.3 Å². The highest BCUT2D eigenvalue weighted by Gasteiger charge is 2.25. The molecule has 0 spiro atoms. The van der Waals surface area contributed by atoms with Crippen molar-refractivity contribution in [2.45, 2.75) is 32.2 Å². The lowest BCUT2D eigenvalue weighted by Gasteiger charge is -2.35. The number of pyridine rings is 1. The van der Waals surface area contributed by atoms with Crippen molar-refractivity contribution >= 4 is 44.4 Å². The number of rotatable bonds is 9. The van der Waals surface area contributed by atoms with Crippen LogP contribution in [0.4, 0.5) is 5.82 Å². The van der Waals surface area contributed by atoms with Crippen molar-refractivity contribution in [3.05, 3.63) is 77.1 Å². The molecule has 2 aromatic carbocycles. The zero-order valence-electron chi connectivity index (χ0n) is 22.5. The Hall–Kier alpha value is -4.06. The molecule has 2 aliphatic heterocycles. The quantitative estimate of drug-likeness (QED) is 0.276. The Morgan fingerprint density at radius 1 is 1.00 bits per heavy atom. The highest BCUT2D eigenvalue weighted by Crippen LogP contribution is 2.26. The van der Waals surface area contributed by atoms with Gasteiger partial charge in [0, 0.05) is 38.9 Å². The van der Waals surface area contributed by atoms with Crippen LogP contribution in [0.2, 0.25) is 0 Å². The number of piperazine rings is 1. The summed E-state index contributed by atoms with van der Waals surface area (Å²) in [5.74, 6) is 1.51. The van der Waals surface area contributed by atoms with Crippen molar-refractivity contribution < 1.29 is 19.4 Å². The first kappa shape index (κ1) is 25.9. The van der Waals surface area contributed by atoms with Crippen LogP contribution < -0.4 is 9.64 Å². The van der Waals surface area contributed by atoms with E-state index < -0.39 is 5.97 Å². The summed E-state index contributed by atoms with van der Waals surface area (Å²) < 4.78 is 15.0. The summed E-state index contributed by atoms with van der Waals surface area (Å²) in [6.07, 6.45) is 1.15. The van der Waals surface area contributed by atoms with Crippen LogP contribution in [0.5, 0.6) is 5.88 Å². The molecule has 41 heavy (non-hydrogen) atoms. The average Bonchev–Trinajstić information content (AvgIpc) is 3.54. The molecule has 0 aliphatic carbocycles. The predicted molar refractivity (Wildman–Crippen MR) is 157 cm³/mol. The third-order valence-corrected chi connectivity index (χ3v) is 8.72. The summed E-state index contributed by atoms with van der Waals surface area (Å²) in [5.41, 5.74) is 2.93. The number of hydrogen-bond acceptors (Lipinski definition) is 9. The minimum Gasteiger partial charge on any atom is -0.478 e. The SMILES string of the molecule is O=C(O)c1ccc2nc(CN3CCN(c4cccc(OCc5nc6ccccc6s5)n4)CC3)n(C[C@@H]3CCO3)c2c1. The first-order valence-corrected chi connectivity index (χ1v) is 14.7. The number of aromatic carboxylic acids is 1. The Balaban J connectivity index is 1.00. The van der Waals surface area contributed by atoms with Crippen LogP contribution in [-0.4, -0.2) is 74.4 Å². The van der Waals surface area contributed by atoms with E-state index in [2.05, 4.69) is 25.4 Å². The van der Waals surface area contributed by atoms with E-state index in [-0.39, 0.29) is 11.7 Å². The maximum Gasteiger partial charge on any atom is 0.335 e. The van der Waals surface area contributed by atoms with E-state index >= 15 is 0 Å². The van der Waals surface area contributed by atoms with Gasteiger partial charge in [-0.25, -0.2) is 14.8 Å². The number of imidazole rings is 1. The summed E-state index contributed by atoms with van der Waals surface area (Å²) in [6.45, 7) is 5.94. The molecule has 2 aliphatic rings. The van der Waals surface area contributed by atoms with E-state index in [4.69, 9.17) is 19.4 Å². The number of anilines is 1. The fourth-order valence-electron chi connectivity index (χ4n) is 5.38. The normalized spacial score (nSPS) is 17.7. The number of fused-ring (bicyclic) bond motifs is 2. The van der Waals surface area contributed by atoms with Gasteiger partial charge < -0.3 is 24.0 Å². The maximum absolute atomic E-state index is 11.6. The van der Waals surface area contributed by atoms with Crippen molar-refractivity contribution in [3.63, 3.8) is 0 Å². The van der Waals surface area contributed by atoms with Crippen LogP contribution in [-0.2, 0) is 24.4 Å². The van der Waals surface area contributed by atoms with E-state index in [0.717, 1.165) is 77.1 Å². The maximum atomic E-state index is 11.6. The summed E-state index contributed by atoms with van der Waals surface area (Å²) in [5, 5.41) is 10.4. The van der Waals surface area contributed by atoms with Gasteiger partial charge in [-0.2, -0.15) is 4.98 Å². The summed E-state index contributed by atoms with van der Waals surface area (Å²) >= 11 is 1.64. The van der Waals surface area contributed by atoms with Gasteiger partial charge in [-0.1, -0.05) is 18.2 Å². The molecule has 0 bridgehead atoms. The first-order valence-electron chi connectivity index (χ1n) is 13.8. The smallest absolute Gasteiger partial charge is 0.335 e. The van der Waals surface area contributed by atoms with Gasteiger partial charge >= 0.3 is 5.97 Å². The highest BCUT2D eigenvalue weighted by atomic mass is 32.1. The number of aromatic nitrogens is 4. The second-order valence-corrected chi connectivity index (χ2v) is 11.5. The molecule has 0 amide bonds. The lowest BCUT2D eigenvalue weighted by molar-refractivity contribution is -0.0592. The third-order valence-electron chi connectivity index (χ3n) is 7.71. The zero-order chi connectivity index (χ0) is 27.8.